The molecule has 1 N–H and O–H groups in total. The number of hydrogen-bond donors (Lipinski definition) is 1. The maximum atomic E-state index is 12.1. The summed E-state index contributed by atoms with van der Waals surface area (Å²) in [5, 5.41) is 12.1. The van der Waals surface area contributed by atoms with Crippen molar-refractivity contribution in [2.24, 2.45) is 0 Å². The lowest BCUT2D eigenvalue weighted by Crippen LogP contribution is -2.36. The van der Waals surface area contributed by atoms with Crippen LogP contribution in [0.5, 0.6) is 5.75 Å². The number of carbonyl (C=O) groups is 1. The number of benzene rings is 3. The van der Waals surface area contributed by atoms with Crippen LogP contribution in [0, 0.1) is 0 Å². The zero-order chi connectivity index (χ0) is 23.5. The van der Waals surface area contributed by atoms with E-state index in [2.05, 4.69) is 0 Å². The summed E-state index contributed by atoms with van der Waals surface area (Å²) in [6, 6.07) is 27.2. The average Bonchev–Trinajstić information content (AvgIpc) is 3.32. The molecule has 1 heterocycles. The van der Waals surface area contributed by atoms with E-state index in [0.717, 1.165) is 36.0 Å². The van der Waals surface area contributed by atoms with Gasteiger partial charge in [-0.1, -0.05) is 79.2 Å². The van der Waals surface area contributed by atoms with Crippen molar-refractivity contribution in [3.63, 3.8) is 0 Å². The number of carbonyl (C=O) groups excluding carboxylic acids is 1. The Labute approximate surface area is 199 Å². The molecule has 1 saturated carbocycles. The number of aromatic nitrogens is 1. The maximum absolute atomic E-state index is 12.1. The smallest absolute Gasteiger partial charge is 0.308 e. The molecule has 2 unspecified atom stereocenters. The minimum atomic E-state index is -1.27. The minimum Gasteiger partial charge on any atom is -0.437 e. The molecule has 5 rings (SSSR count). The molecule has 1 aromatic heterocycles. The molecule has 172 valence electrons. The Morgan fingerprint density at radius 2 is 1.68 bits per heavy atom. The van der Waals surface area contributed by atoms with Gasteiger partial charge in [0.2, 0.25) is 5.89 Å². The maximum Gasteiger partial charge on any atom is 0.308 e. The largest absolute Gasteiger partial charge is 0.437 e. The van der Waals surface area contributed by atoms with Gasteiger partial charge in [-0.05, 0) is 37.0 Å². The van der Waals surface area contributed by atoms with Crippen molar-refractivity contribution in [1.29, 1.82) is 0 Å². The Balaban J connectivity index is 1.61. The third-order valence-electron chi connectivity index (χ3n) is 6.48. The van der Waals surface area contributed by atoms with E-state index in [-0.39, 0.29) is 11.9 Å². The van der Waals surface area contributed by atoms with E-state index >= 15 is 0 Å². The highest BCUT2D eigenvalue weighted by Gasteiger charge is 2.46. The van der Waals surface area contributed by atoms with E-state index < -0.39 is 5.60 Å². The molecule has 34 heavy (non-hydrogen) atoms. The van der Waals surface area contributed by atoms with Crippen molar-refractivity contribution in [3.05, 3.63) is 96.4 Å². The number of ether oxygens (including phenoxy) is 1. The molecule has 0 radical (unpaired) electrons. The van der Waals surface area contributed by atoms with Crippen LogP contribution in [0.3, 0.4) is 0 Å². The van der Waals surface area contributed by atoms with Gasteiger partial charge in [-0.15, -0.1) is 0 Å². The van der Waals surface area contributed by atoms with E-state index in [0.29, 0.717) is 29.5 Å². The highest BCUT2D eigenvalue weighted by atomic mass is 16.5. The van der Waals surface area contributed by atoms with E-state index in [9.17, 15) is 9.90 Å². The minimum absolute atomic E-state index is 0.234. The summed E-state index contributed by atoms with van der Waals surface area (Å²) < 4.78 is 11.7. The summed E-state index contributed by atoms with van der Waals surface area (Å²) in [6.45, 7) is 1.38. The van der Waals surface area contributed by atoms with Crippen LogP contribution in [0.2, 0.25) is 0 Å². The quantitative estimate of drug-likeness (QED) is 0.277. The highest BCUT2D eigenvalue weighted by Crippen LogP contribution is 2.49. The first-order valence-electron chi connectivity index (χ1n) is 11.7. The van der Waals surface area contributed by atoms with E-state index in [1.165, 1.54) is 6.92 Å². The van der Waals surface area contributed by atoms with Gasteiger partial charge in [-0.25, -0.2) is 4.98 Å². The molecule has 0 aliphatic heterocycles. The molecule has 5 heteroatoms. The van der Waals surface area contributed by atoms with Crippen LogP contribution in [0.25, 0.3) is 22.6 Å². The molecule has 0 spiro atoms. The van der Waals surface area contributed by atoms with Crippen molar-refractivity contribution in [2.75, 3.05) is 0 Å². The van der Waals surface area contributed by atoms with E-state index in [1.807, 2.05) is 78.9 Å². The second-order valence-electron chi connectivity index (χ2n) is 8.82. The third kappa shape index (κ3) is 4.27. The Bertz CT molecular complexity index is 1230. The number of esters is 1. The second kappa shape index (κ2) is 9.27. The Kier molecular flexibility index (Phi) is 6.03. The zero-order valence-electron chi connectivity index (χ0n) is 19.1. The van der Waals surface area contributed by atoms with Crippen molar-refractivity contribution in [2.45, 2.75) is 44.1 Å². The first-order valence-corrected chi connectivity index (χ1v) is 11.7. The van der Waals surface area contributed by atoms with E-state index in [4.69, 9.17) is 14.1 Å². The van der Waals surface area contributed by atoms with Crippen molar-refractivity contribution < 1.29 is 19.1 Å². The number of oxazole rings is 1. The molecule has 4 aromatic rings. The van der Waals surface area contributed by atoms with Gasteiger partial charge >= 0.3 is 5.97 Å². The van der Waals surface area contributed by atoms with Crippen LogP contribution in [0.4, 0.5) is 0 Å². The molecule has 1 aliphatic rings. The van der Waals surface area contributed by atoms with Crippen LogP contribution in [0.1, 0.15) is 50.0 Å². The lowest BCUT2D eigenvalue weighted by atomic mass is 9.72. The molecule has 1 fully saturated rings. The molecule has 0 bridgehead atoms. The normalized spacial score (nSPS) is 20.1. The lowest BCUT2D eigenvalue weighted by molar-refractivity contribution is -0.131. The second-order valence-corrected chi connectivity index (χ2v) is 8.82. The molecular weight excluding hydrogens is 426 g/mol. The standard InChI is InChI=1S/C29H27NO4/c1-20(31)33-24-16-10-15-23(19-24)25-17-8-9-18-29(25,32)28-30-26(21-11-4-2-5-12-21)27(34-28)22-13-6-3-7-14-22/h2-7,10-16,19,25,32H,8-9,17-18H2,1H3. The molecule has 3 aromatic carbocycles. The molecule has 1 aliphatic carbocycles. The van der Waals surface area contributed by atoms with Gasteiger partial charge in [0.1, 0.15) is 17.0 Å². The molecule has 2 atom stereocenters. The number of rotatable bonds is 5. The monoisotopic (exact) mass is 453 g/mol. The van der Waals surface area contributed by atoms with Gasteiger partial charge in [-0.2, -0.15) is 0 Å². The van der Waals surface area contributed by atoms with Gasteiger partial charge in [0, 0.05) is 24.0 Å². The lowest BCUT2D eigenvalue weighted by Gasteiger charge is -2.38. The SMILES string of the molecule is CC(=O)Oc1cccc(C2CCCCC2(O)c2nc(-c3ccccc3)c(-c3ccccc3)o2)c1. The summed E-state index contributed by atoms with van der Waals surface area (Å²) in [5.41, 5.74) is 2.19. The fourth-order valence-electron chi connectivity index (χ4n) is 4.90. The molecular formula is C29H27NO4. The molecule has 0 amide bonds. The fourth-order valence-corrected chi connectivity index (χ4v) is 4.90. The predicted octanol–water partition coefficient (Wildman–Crippen LogP) is 6.48. The van der Waals surface area contributed by atoms with E-state index in [1.54, 1.807) is 6.07 Å². The van der Waals surface area contributed by atoms with Crippen LogP contribution in [-0.4, -0.2) is 16.1 Å². The Morgan fingerprint density at radius 1 is 0.971 bits per heavy atom. The van der Waals surface area contributed by atoms with Gasteiger partial charge < -0.3 is 14.3 Å². The van der Waals surface area contributed by atoms with Gasteiger partial charge in [-0.3, -0.25) is 4.79 Å². The predicted molar refractivity (Wildman–Crippen MR) is 130 cm³/mol. The van der Waals surface area contributed by atoms with Crippen molar-refractivity contribution in [3.8, 4) is 28.3 Å². The summed E-state index contributed by atoms with van der Waals surface area (Å²) in [5.74, 6) is 0.840. The molecule has 5 nitrogen and oxygen atoms in total. The summed E-state index contributed by atoms with van der Waals surface area (Å²) in [7, 11) is 0. The summed E-state index contributed by atoms with van der Waals surface area (Å²) in [6.07, 6.45) is 3.19. The summed E-state index contributed by atoms with van der Waals surface area (Å²) in [4.78, 5) is 16.4. The number of nitrogens with zero attached hydrogens (tertiary/aromatic N) is 1. The van der Waals surface area contributed by atoms with Gasteiger partial charge in [0.05, 0.1) is 0 Å². The van der Waals surface area contributed by atoms with Crippen molar-refractivity contribution in [1.82, 2.24) is 4.98 Å². The Hall–Kier alpha value is -3.70. The third-order valence-corrected chi connectivity index (χ3v) is 6.48. The highest BCUT2D eigenvalue weighted by molar-refractivity contribution is 5.77. The first-order chi connectivity index (χ1) is 16.5. The zero-order valence-corrected chi connectivity index (χ0v) is 19.1. The topological polar surface area (TPSA) is 72.6 Å². The molecule has 0 saturated heterocycles. The number of hydrogen-bond acceptors (Lipinski definition) is 5. The average molecular weight is 454 g/mol. The van der Waals surface area contributed by atoms with Crippen LogP contribution >= 0.6 is 0 Å². The first kappa shape index (κ1) is 22.1. The van der Waals surface area contributed by atoms with Crippen molar-refractivity contribution >= 4 is 5.97 Å². The van der Waals surface area contributed by atoms with Gasteiger partial charge in [0.25, 0.3) is 0 Å². The van der Waals surface area contributed by atoms with Crippen LogP contribution in [0.15, 0.2) is 89.3 Å². The van der Waals surface area contributed by atoms with Crippen LogP contribution in [-0.2, 0) is 10.4 Å². The van der Waals surface area contributed by atoms with Gasteiger partial charge in [0.15, 0.2) is 5.76 Å². The Morgan fingerprint density at radius 3 is 2.38 bits per heavy atom. The number of aliphatic hydroxyl groups is 1. The van der Waals surface area contributed by atoms with Crippen LogP contribution < -0.4 is 4.74 Å². The fraction of sp³-hybridized carbons (Fsp3) is 0.241. The summed E-state index contributed by atoms with van der Waals surface area (Å²) >= 11 is 0.